The molecule has 2 heterocycles. The first-order chi connectivity index (χ1) is 9.41. The van der Waals surface area contributed by atoms with Crippen LogP contribution in [0.25, 0.3) is 21.8 Å². The van der Waals surface area contributed by atoms with E-state index >= 15 is 0 Å². The predicted octanol–water partition coefficient (Wildman–Crippen LogP) is -2.31. The molecule has 0 fully saturated rings. The zero-order chi connectivity index (χ0) is 14.6. The van der Waals surface area contributed by atoms with Gasteiger partial charge in [0.15, 0.2) is 0 Å². The van der Waals surface area contributed by atoms with E-state index in [1.165, 1.54) is 12.1 Å². The zero-order valence-electron chi connectivity index (χ0n) is 9.60. The van der Waals surface area contributed by atoms with E-state index in [0.29, 0.717) is 0 Å². The standard InChI is InChI=1S/C12H4N2O6/c15-7-5-3(13-11(19)9(7)17)1-2-4-6(5)8(16)10(18)12(20)14-4/h1-2H,(H,13,19)(H,14,20). The first-order valence-corrected chi connectivity index (χ1v) is 5.39. The number of benzene rings is 1. The molecular formula is C12H4N2O6. The third-order valence-electron chi connectivity index (χ3n) is 2.98. The fourth-order valence-corrected chi connectivity index (χ4v) is 2.07. The third kappa shape index (κ3) is 1.35. The van der Waals surface area contributed by atoms with Gasteiger partial charge < -0.3 is 9.97 Å². The van der Waals surface area contributed by atoms with Gasteiger partial charge in [0, 0.05) is 0 Å². The van der Waals surface area contributed by atoms with Crippen molar-refractivity contribution in [3.63, 3.8) is 0 Å². The lowest BCUT2D eigenvalue weighted by atomic mass is 10.1. The SMILES string of the molecule is O=c1[nH]c2ccc3[nH]c(=O)c(=O)c(=O)c3c2c(=O)c1=O. The fourth-order valence-electron chi connectivity index (χ4n) is 2.07. The molecule has 0 saturated heterocycles. The Labute approximate surface area is 106 Å². The van der Waals surface area contributed by atoms with E-state index in [1.54, 1.807) is 0 Å². The van der Waals surface area contributed by atoms with Crippen LogP contribution in [0.4, 0.5) is 0 Å². The lowest BCUT2D eigenvalue weighted by molar-refractivity contribution is 1.22. The van der Waals surface area contributed by atoms with Crippen molar-refractivity contribution in [2.75, 3.05) is 0 Å². The van der Waals surface area contributed by atoms with Crippen molar-refractivity contribution in [2.45, 2.75) is 0 Å². The maximum atomic E-state index is 11.8. The van der Waals surface area contributed by atoms with Crippen LogP contribution in [0, 0.1) is 0 Å². The normalized spacial score (nSPS) is 11.2. The molecule has 2 aromatic heterocycles. The molecule has 8 heteroatoms. The fraction of sp³-hybridized carbons (Fsp3) is 0. The number of hydrogen-bond donors (Lipinski definition) is 2. The second-order valence-electron chi connectivity index (χ2n) is 4.14. The smallest absolute Gasteiger partial charge is 0.300 e. The van der Waals surface area contributed by atoms with Crippen LogP contribution in [0.15, 0.2) is 40.9 Å². The van der Waals surface area contributed by atoms with Crippen molar-refractivity contribution in [1.29, 1.82) is 0 Å². The Hall–Kier alpha value is -3.16. The Kier molecular flexibility index (Phi) is 2.18. The van der Waals surface area contributed by atoms with Crippen LogP contribution in [0.1, 0.15) is 0 Å². The highest BCUT2D eigenvalue weighted by molar-refractivity contribution is 6.04. The average molecular weight is 272 g/mol. The summed E-state index contributed by atoms with van der Waals surface area (Å²) in [6, 6.07) is 2.53. The molecule has 3 rings (SSSR count). The van der Waals surface area contributed by atoms with Crippen LogP contribution in [0.3, 0.4) is 0 Å². The van der Waals surface area contributed by atoms with Gasteiger partial charge >= 0.3 is 0 Å². The van der Waals surface area contributed by atoms with E-state index in [1.807, 2.05) is 0 Å². The first-order valence-electron chi connectivity index (χ1n) is 5.39. The average Bonchev–Trinajstić information content (AvgIpc) is 2.42. The summed E-state index contributed by atoms with van der Waals surface area (Å²) < 4.78 is 0. The molecule has 0 radical (unpaired) electrons. The van der Waals surface area contributed by atoms with Gasteiger partial charge in [-0.05, 0) is 12.1 Å². The van der Waals surface area contributed by atoms with Crippen LogP contribution in [0.5, 0.6) is 0 Å². The van der Waals surface area contributed by atoms with E-state index < -0.39 is 32.8 Å². The van der Waals surface area contributed by atoms with Crippen LogP contribution >= 0.6 is 0 Å². The van der Waals surface area contributed by atoms with Crippen molar-refractivity contribution in [1.82, 2.24) is 9.97 Å². The third-order valence-corrected chi connectivity index (χ3v) is 2.98. The van der Waals surface area contributed by atoms with E-state index in [2.05, 4.69) is 9.97 Å². The van der Waals surface area contributed by atoms with Gasteiger partial charge in [-0.25, -0.2) is 0 Å². The minimum Gasteiger partial charge on any atom is -0.318 e. The van der Waals surface area contributed by atoms with Gasteiger partial charge in [0.1, 0.15) is 0 Å². The minimum atomic E-state index is -1.33. The van der Waals surface area contributed by atoms with Crippen molar-refractivity contribution < 1.29 is 0 Å². The number of H-pyrrole nitrogens is 2. The van der Waals surface area contributed by atoms with Crippen molar-refractivity contribution in [2.24, 2.45) is 0 Å². The summed E-state index contributed by atoms with van der Waals surface area (Å²) in [7, 11) is 0. The summed E-state index contributed by atoms with van der Waals surface area (Å²) in [4.78, 5) is 73.2. The van der Waals surface area contributed by atoms with Gasteiger partial charge in [-0.15, -0.1) is 0 Å². The molecule has 0 aliphatic carbocycles. The summed E-state index contributed by atoms with van der Waals surface area (Å²) in [5.74, 6) is 0. The molecule has 0 spiro atoms. The number of aromatic amines is 2. The van der Waals surface area contributed by atoms with Gasteiger partial charge in [0.2, 0.25) is 10.9 Å². The number of pyridine rings is 2. The molecule has 0 saturated carbocycles. The summed E-state index contributed by atoms with van der Waals surface area (Å²) >= 11 is 0. The monoisotopic (exact) mass is 272 g/mol. The molecule has 0 bridgehead atoms. The second-order valence-corrected chi connectivity index (χ2v) is 4.14. The maximum absolute atomic E-state index is 11.8. The highest BCUT2D eigenvalue weighted by Crippen LogP contribution is 2.13. The largest absolute Gasteiger partial charge is 0.318 e. The van der Waals surface area contributed by atoms with Crippen LogP contribution in [0.2, 0.25) is 0 Å². The van der Waals surface area contributed by atoms with Gasteiger partial charge in [0.05, 0.1) is 21.8 Å². The second kappa shape index (κ2) is 3.67. The molecule has 2 N–H and O–H groups in total. The topological polar surface area (TPSA) is 134 Å². The Bertz CT molecular complexity index is 1110. The van der Waals surface area contributed by atoms with E-state index in [0.717, 1.165) is 0 Å². The van der Waals surface area contributed by atoms with Gasteiger partial charge in [0.25, 0.3) is 22.0 Å². The summed E-state index contributed by atoms with van der Waals surface area (Å²) in [5, 5.41) is -0.740. The number of nitrogens with one attached hydrogen (secondary N) is 2. The van der Waals surface area contributed by atoms with E-state index in [4.69, 9.17) is 0 Å². The Morgan fingerprint density at radius 3 is 1.25 bits per heavy atom. The minimum absolute atomic E-state index is 0.0457. The molecule has 0 unspecified atom stereocenters. The molecule has 0 atom stereocenters. The van der Waals surface area contributed by atoms with Gasteiger partial charge in [-0.2, -0.15) is 0 Å². The molecule has 20 heavy (non-hydrogen) atoms. The summed E-state index contributed by atoms with van der Waals surface area (Å²) in [5.41, 5.74) is -7.34. The molecular weight excluding hydrogens is 268 g/mol. The molecule has 0 aliphatic heterocycles. The lowest BCUT2D eigenvalue weighted by Gasteiger charge is -2.00. The zero-order valence-corrected chi connectivity index (χ0v) is 9.60. The van der Waals surface area contributed by atoms with Crippen molar-refractivity contribution >= 4 is 21.8 Å². The molecule has 0 amide bonds. The lowest BCUT2D eigenvalue weighted by Crippen LogP contribution is -2.42. The maximum Gasteiger partial charge on any atom is 0.300 e. The molecule has 1 aromatic carbocycles. The van der Waals surface area contributed by atoms with Gasteiger partial charge in [-0.1, -0.05) is 0 Å². The quantitative estimate of drug-likeness (QED) is 0.348. The molecule has 0 aliphatic rings. The Morgan fingerprint density at radius 2 is 0.900 bits per heavy atom. The number of rotatable bonds is 0. The predicted molar refractivity (Wildman–Crippen MR) is 70.1 cm³/mol. The molecule has 98 valence electrons. The van der Waals surface area contributed by atoms with Crippen molar-refractivity contribution in [3.8, 4) is 0 Å². The van der Waals surface area contributed by atoms with E-state index in [-0.39, 0.29) is 21.8 Å². The van der Waals surface area contributed by atoms with Crippen LogP contribution in [-0.4, -0.2) is 9.97 Å². The number of fused-ring (bicyclic) bond motifs is 3. The number of aromatic nitrogens is 2. The molecule has 8 nitrogen and oxygen atoms in total. The Balaban J connectivity index is 2.90. The molecule has 3 aromatic rings. The highest BCUT2D eigenvalue weighted by atomic mass is 16.2. The van der Waals surface area contributed by atoms with E-state index in [9.17, 15) is 28.8 Å². The van der Waals surface area contributed by atoms with Crippen LogP contribution in [-0.2, 0) is 0 Å². The van der Waals surface area contributed by atoms with Gasteiger partial charge in [-0.3, -0.25) is 28.8 Å². The first kappa shape index (κ1) is 11.9. The Morgan fingerprint density at radius 1 is 0.550 bits per heavy atom. The number of hydrogen-bond acceptors (Lipinski definition) is 6. The summed E-state index contributed by atoms with van der Waals surface area (Å²) in [6.45, 7) is 0. The highest BCUT2D eigenvalue weighted by Gasteiger charge is 2.15. The van der Waals surface area contributed by atoms with Crippen molar-refractivity contribution in [3.05, 3.63) is 73.7 Å². The summed E-state index contributed by atoms with van der Waals surface area (Å²) in [6.07, 6.45) is 0. The van der Waals surface area contributed by atoms with Crippen LogP contribution < -0.4 is 32.8 Å².